The van der Waals surface area contributed by atoms with Gasteiger partial charge in [0.1, 0.15) is 5.54 Å². The molecule has 3 nitrogen and oxygen atoms in total. The second kappa shape index (κ2) is 4.61. The van der Waals surface area contributed by atoms with Crippen LogP contribution in [0.1, 0.15) is 41.0 Å². The molecule has 78 valence electrons. The largest absolute Gasteiger partial charge is 0.480 e. The minimum absolute atomic E-state index is 0.0824. The highest BCUT2D eigenvalue weighted by Gasteiger charge is 2.36. The Labute approximate surface area is 80.5 Å². The molecule has 0 rings (SSSR count). The molecule has 0 fully saturated rings. The van der Waals surface area contributed by atoms with Crippen molar-refractivity contribution in [3.63, 3.8) is 0 Å². The maximum atomic E-state index is 11.1. The highest BCUT2D eigenvalue weighted by molar-refractivity contribution is 5.78. The van der Waals surface area contributed by atoms with E-state index in [2.05, 4.69) is 5.32 Å². The Morgan fingerprint density at radius 1 is 1.46 bits per heavy atom. The third-order valence-electron chi connectivity index (χ3n) is 2.76. The molecule has 13 heavy (non-hydrogen) atoms. The smallest absolute Gasteiger partial charge is 0.323 e. The Balaban J connectivity index is 4.51. The molecule has 0 aromatic carbocycles. The van der Waals surface area contributed by atoms with Crippen LogP contribution in [0.25, 0.3) is 0 Å². The minimum atomic E-state index is -0.810. The average Bonchev–Trinajstić information content (AvgIpc) is 2.03. The van der Waals surface area contributed by atoms with Crippen LogP contribution >= 0.6 is 0 Å². The number of nitrogens with one attached hydrogen (secondary N) is 1. The van der Waals surface area contributed by atoms with E-state index in [1.807, 2.05) is 27.7 Å². The Morgan fingerprint density at radius 3 is 2.15 bits per heavy atom. The number of hydrogen-bond acceptors (Lipinski definition) is 2. The molecule has 0 aliphatic heterocycles. The summed E-state index contributed by atoms with van der Waals surface area (Å²) in [7, 11) is 0. The molecule has 0 saturated heterocycles. The zero-order valence-corrected chi connectivity index (χ0v) is 9.22. The topological polar surface area (TPSA) is 49.3 Å². The number of aliphatic carboxylic acids is 1. The van der Waals surface area contributed by atoms with Crippen LogP contribution in [0, 0.1) is 5.92 Å². The van der Waals surface area contributed by atoms with E-state index < -0.39 is 11.5 Å². The molecule has 0 bridgehead atoms. The molecule has 0 aromatic heterocycles. The second-order valence-corrected chi connectivity index (χ2v) is 4.12. The molecule has 0 heterocycles. The van der Waals surface area contributed by atoms with E-state index in [0.717, 1.165) is 6.42 Å². The van der Waals surface area contributed by atoms with Crippen LogP contribution in [-0.2, 0) is 4.79 Å². The van der Waals surface area contributed by atoms with Gasteiger partial charge in [0, 0.05) is 6.04 Å². The van der Waals surface area contributed by atoms with Crippen LogP contribution in [0.3, 0.4) is 0 Å². The van der Waals surface area contributed by atoms with E-state index in [4.69, 9.17) is 5.11 Å². The lowest BCUT2D eigenvalue weighted by Gasteiger charge is -2.33. The lowest BCUT2D eigenvalue weighted by molar-refractivity contribution is -0.146. The van der Waals surface area contributed by atoms with E-state index in [9.17, 15) is 4.79 Å². The minimum Gasteiger partial charge on any atom is -0.480 e. The van der Waals surface area contributed by atoms with Crippen LogP contribution in [0.4, 0.5) is 0 Å². The standard InChI is InChI=1S/C10H21NO2/c1-6-8(4)11-10(5,7(2)3)9(12)13/h7-8,11H,6H2,1-5H3,(H,12,13). The number of hydrogen-bond donors (Lipinski definition) is 2. The number of carbonyl (C=O) groups is 1. The van der Waals surface area contributed by atoms with Gasteiger partial charge in [-0.1, -0.05) is 20.8 Å². The fourth-order valence-electron chi connectivity index (χ4n) is 1.09. The van der Waals surface area contributed by atoms with E-state index in [1.54, 1.807) is 6.92 Å². The van der Waals surface area contributed by atoms with Crippen LogP contribution < -0.4 is 5.32 Å². The first kappa shape index (κ1) is 12.4. The maximum Gasteiger partial charge on any atom is 0.323 e. The average molecular weight is 187 g/mol. The van der Waals surface area contributed by atoms with Gasteiger partial charge in [0.25, 0.3) is 0 Å². The number of rotatable bonds is 5. The van der Waals surface area contributed by atoms with Gasteiger partial charge in [0.2, 0.25) is 0 Å². The first-order valence-electron chi connectivity index (χ1n) is 4.85. The highest BCUT2D eigenvalue weighted by Crippen LogP contribution is 2.18. The van der Waals surface area contributed by atoms with Crippen LogP contribution in [0.15, 0.2) is 0 Å². The Hall–Kier alpha value is -0.570. The number of carboxylic acid groups (broad SMARTS) is 1. The van der Waals surface area contributed by atoms with Crippen LogP contribution in [0.2, 0.25) is 0 Å². The summed E-state index contributed by atoms with van der Waals surface area (Å²) in [5.41, 5.74) is -0.810. The molecular weight excluding hydrogens is 166 g/mol. The molecule has 3 heteroatoms. The van der Waals surface area contributed by atoms with Crippen molar-refractivity contribution < 1.29 is 9.90 Å². The lowest BCUT2D eigenvalue weighted by atomic mass is 9.87. The van der Waals surface area contributed by atoms with E-state index in [-0.39, 0.29) is 12.0 Å². The fourth-order valence-corrected chi connectivity index (χ4v) is 1.09. The van der Waals surface area contributed by atoms with Gasteiger partial charge in [0.15, 0.2) is 0 Å². The predicted molar refractivity (Wildman–Crippen MR) is 53.8 cm³/mol. The Morgan fingerprint density at radius 2 is 1.92 bits per heavy atom. The molecule has 2 unspecified atom stereocenters. The first-order chi connectivity index (χ1) is 5.84. The van der Waals surface area contributed by atoms with Crippen molar-refractivity contribution in [2.45, 2.75) is 52.6 Å². The molecule has 0 aliphatic rings. The molecule has 0 saturated carbocycles. The quantitative estimate of drug-likeness (QED) is 0.691. The molecule has 0 aromatic rings. The van der Waals surface area contributed by atoms with E-state index in [1.165, 1.54) is 0 Å². The van der Waals surface area contributed by atoms with Crippen molar-refractivity contribution in [3.8, 4) is 0 Å². The van der Waals surface area contributed by atoms with Crippen LogP contribution in [-0.4, -0.2) is 22.7 Å². The summed E-state index contributed by atoms with van der Waals surface area (Å²) in [5.74, 6) is -0.693. The lowest BCUT2D eigenvalue weighted by Crippen LogP contribution is -2.56. The van der Waals surface area contributed by atoms with Crippen molar-refractivity contribution in [1.29, 1.82) is 0 Å². The Bertz CT molecular complexity index is 180. The molecule has 2 N–H and O–H groups in total. The van der Waals surface area contributed by atoms with E-state index >= 15 is 0 Å². The van der Waals surface area contributed by atoms with Crippen molar-refractivity contribution in [3.05, 3.63) is 0 Å². The van der Waals surface area contributed by atoms with Gasteiger partial charge in [-0.05, 0) is 26.2 Å². The molecule has 0 spiro atoms. The summed E-state index contributed by atoms with van der Waals surface area (Å²) in [5, 5.41) is 12.2. The highest BCUT2D eigenvalue weighted by atomic mass is 16.4. The van der Waals surface area contributed by atoms with Gasteiger partial charge < -0.3 is 5.11 Å². The summed E-state index contributed by atoms with van der Waals surface area (Å²) >= 11 is 0. The van der Waals surface area contributed by atoms with Crippen molar-refractivity contribution >= 4 is 5.97 Å². The fraction of sp³-hybridized carbons (Fsp3) is 0.900. The predicted octanol–water partition coefficient (Wildman–Crippen LogP) is 1.87. The summed E-state index contributed by atoms with van der Waals surface area (Å²) in [6, 6.07) is 0.239. The van der Waals surface area contributed by atoms with Gasteiger partial charge in [-0.25, -0.2) is 0 Å². The summed E-state index contributed by atoms with van der Waals surface area (Å²) in [6.07, 6.45) is 0.940. The zero-order chi connectivity index (χ0) is 10.6. The first-order valence-corrected chi connectivity index (χ1v) is 4.85. The zero-order valence-electron chi connectivity index (χ0n) is 9.22. The van der Waals surface area contributed by atoms with E-state index in [0.29, 0.717) is 0 Å². The maximum absolute atomic E-state index is 11.1. The summed E-state index contributed by atoms with van der Waals surface area (Å²) in [4.78, 5) is 11.1. The van der Waals surface area contributed by atoms with Crippen LogP contribution in [0.5, 0.6) is 0 Å². The molecule has 2 atom stereocenters. The van der Waals surface area contributed by atoms with Gasteiger partial charge in [0.05, 0.1) is 0 Å². The van der Waals surface area contributed by atoms with Gasteiger partial charge in [-0.2, -0.15) is 0 Å². The van der Waals surface area contributed by atoms with Crippen molar-refractivity contribution in [2.75, 3.05) is 0 Å². The molecule has 0 radical (unpaired) electrons. The van der Waals surface area contributed by atoms with Crippen molar-refractivity contribution in [2.24, 2.45) is 5.92 Å². The second-order valence-electron chi connectivity index (χ2n) is 4.12. The monoisotopic (exact) mass is 187 g/mol. The number of carboxylic acids is 1. The molecular formula is C10H21NO2. The SMILES string of the molecule is CCC(C)NC(C)(C(=O)O)C(C)C. The normalized spacial score (nSPS) is 18.3. The van der Waals surface area contributed by atoms with Gasteiger partial charge in [-0.15, -0.1) is 0 Å². The van der Waals surface area contributed by atoms with Gasteiger partial charge >= 0.3 is 5.97 Å². The van der Waals surface area contributed by atoms with Gasteiger partial charge in [-0.3, -0.25) is 10.1 Å². The Kier molecular flexibility index (Phi) is 4.40. The third-order valence-corrected chi connectivity index (χ3v) is 2.76. The van der Waals surface area contributed by atoms with Crippen molar-refractivity contribution in [1.82, 2.24) is 5.32 Å². The molecule has 0 aliphatic carbocycles. The summed E-state index contributed by atoms with van der Waals surface area (Å²) < 4.78 is 0. The molecule has 0 amide bonds. The summed E-state index contributed by atoms with van der Waals surface area (Å²) in [6.45, 7) is 9.63. The third kappa shape index (κ3) is 2.99.